The van der Waals surface area contributed by atoms with E-state index in [4.69, 9.17) is 4.42 Å². The number of para-hydroxylation sites is 2. The van der Waals surface area contributed by atoms with Gasteiger partial charge < -0.3 is 9.32 Å². The molecule has 0 aliphatic carbocycles. The fourth-order valence-electron chi connectivity index (χ4n) is 5.17. The Kier molecular flexibility index (Phi) is 4.82. The topological polar surface area (TPSA) is 16.4 Å². The lowest BCUT2D eigenvalue weighted by molar-refractivity contribution is 0.670. The van der Waals surface area contributed by atoms with Crippen LogP contribution in [0.5, 0.6) is 0 Å². The van der Waals surface area contributed by atoms with E-state index in [9.17, 15) is 0 Å². The van der Waals surface area contributed by atoms with Gasteiger partial charge in [0.25, 0.3) is 0 Å². The molecule has 0 spiro atoms. The highest BCUT2D eigenvalue weighted by molar-refractivity contribution is 6.15. The summed E-state index contributed by atoms with van der Waals surface area (Å²) in [5, 5.41) is 4.66. The van der Waals surface area contributed by atoms with Gasteiger partial charge in [0, 0.05) is 27.7 Å². The molecule has 0 aliphatic rings. The summed E-state index contributed by atoms with van der Waals surface area (Å²) < 4.78 is 6.68. The Labute approximate surface area is 209 Å². The molecule has 0 atom stereocenters. The molecule has 0 unspecified atom stereocenters. The quantitative estimate of drug-likeness (QED) is 0.259. The van der Waals surface area contributed by atoms with Crippen LogP contribution in [0.15, 0.2) is 144 Å². The number of hydrogen-bond acceptors (Lipinski definition) is 2. The van der Waals surface area contributed by atoms with Crippen molar-refractivity contribution in [1.82, 2.24) is 0 Å². The monoisotopic (exact) mass is 461 g/mol. The van der Waals surface area contributed by atoms with Crippen LogP contribution < -0.4 is 4.90 Å². The van der Waals surface area contributed by atoms with Gasteiger partial charge in [0.1, 0.15) is 11.2 Å². The second kappa shape index (κ2) is 8.44. The summed E-state index contributed by atoms with van der Waals surface area (Å²) in [7, 11) is 0. The first-order chi connectivity index (χ1) is 17.9. The molecule has 0 amide bonds. The minimum Gasteiger partial charge on any atom is -0.455 e. The normalized spacial score (nSPS) is 11.3. The molecular formula is C34H23NO. The number of fused-ring (bicyclic) bond motifs is 4. The average molecular weight is 462 g/mol. The third-order valence-corrected chi connectivity index (χ3v) is 6.82. The molecule has 1 heterocycles. The van der Waals surface area contributed by atoms with Crippen LogP contribution in [0, 0.1) is 0 Å². The van der Waals surface area contributed by atoms with Crippen molar-refractivity contribution in [3.05, 3.63) is 140 Å². The highest BCUT2D eigenvalue weighted by Crippen LogP contribution is 2.46. The first-order valence-electron chi connectivity index (χ1n) is 12.2. The summed E-state index contributed by atoms with van der Waals surface area (Å²) in [6.45, 7) is 0. The number of anilines is 3. The van der Waals surface area contributed by atoms with Crippen molar-refractivity contribution >= 4 is 49.8 Å². The zero-order valence-corrected chi connectivity index (χ0v) is 19.6. The van der Waals surface area contributed by atoms with Crippen LogP contribution in [-0.4, -0.2) is 0 Å². The van der Waals surface area contributed by atoms with Crippen molar-refractivity contribution in [3.8, 4) is 11.1 Å². The van der Waals surface area contributed by atoms with Crippen molar-refractivity contribution in [2.45, 2.75) is 0 Å². The first kappa shape index (κ1) is 20.5. The smallest absolute Gasteiger partial charge is 0.145 e. The third-order valence-electron chi connectivity index (χ3n) is 6.82. The van der Waals surface area contributed by atoms with Crippen LogP contribution in [0.2, 0.25) is 0 Å². The lowest BCUT2D eigenvalue weighted by atomic mass is 9.98. The van der Waals surface area contributed by atoms with Crippen LogP contribution in [-0.2, 0) is 0 Å². The van der Waals surface area contributed by atoms with E-state index in [0.29, 0.717) is 0 Å². The fraction of sp³-hybridized carbons (Fsp3) is 0. The fourth-order valence-corrected chi connectivity index (χ4v) is 5.17. The van der Waals surface area contributed by atoms with Crippen LogP contribution >= 0.6 is 0 Å². The summed E-state index contributed by atoms with van der Waals surface area (Å²) in [6.07, 6.45) is 0. The van der Waals surface area contributed by atoms with Gasteiger partial charge in [-0.15, -0.1) is 0 Å². The van der Waals surface area contributed by atoms with Crippen LogP contribution in [0.4, 0.5) is 17.1 Å². The van der Waals surface area contributed by atoms with Gasteiger partial charge in [-0.25, -0.2) is 0 Å². The molecule has 6 aromatic carbocycles. The lowest BCUT2D eigenvalue weighted by Crippen LogP contribution is -2.11. The molecule has 7 rings (SSSR count). The minimum absolute atomic E-state index is 0.904. The van der Waals surface area contributed by atoms with Gasteiger partial charge in [-0.2, -0.15) is 0 Å². The highest BCUT2D eigenvalue weighted by Gasteiger charge is 2.22. The largest absolute Gasteiger partial charge is 0.455 e. The van der Waals surface area contributed by atoms with Crippen molar-refractivity contribution in [2.24, 2.45) is 0 Å². The molecule has 0 saturated carbocycles. The van der Waals surface area contributed by atoms with Crippen LogP contribution in [0.3, 0.4) is 0 Å². The number of benzene rings is 6. The summed E-state index contributed by atoms with van der Waals surface area (Å²) in [5.74, 6) is 0. The Morgan fingerprint density at radius 1 is 0.472 bits per heavy atom. The Balaban J connectivity index is 1.59. The van der Waals surface area contributed by atoms with Crippen LogP contribution in [0.25, 0.3) is 43.8 Å². The van der Waals surface area contributed by atoms with E-state index in [-0.39, 0.29) is 0 Å². The molecule has 1 aromatic heterocycles. The van der Waals surface area contributed by atoms with E-state index >= 15 is 0 Å². The predicted octanol–water partition coefficient (Wildman–Crippen LogP) is 9.88. The van der Waals surface area contributed by atoms with Gasteiger partial charge in [-0.3, -0.25) is 0 Å². The van der Waals surface area contributed by atoms with Gasteiger partial charge >= 0.3 is 0 Å². The second-order valence-electron chi connectivity index (χ2n) is 9.01. The van der Waals surface area contributed by atoms with Gasteiger partial charge in [0.15, 0.2) is 0 Å². The number of furan rings is 1. The standard InChI is InChI=1S/C34H23NO/c1-4-12-24(13-5-1)33-31(35(27-16-6-2-7-17-27)28-18-8-3-9-19-28)21-20-29-30-22-25-14-10-11-15-26(25)23-32(30)36-34(29)33/h1-23H. The van der Waals surface area contributed by atoms with Crippen molar-refractivity contribution in [2.75, 3.05) is 4.90 Å². The Hall–Kier alpha value is -4.82. The molecule has 2 heteroatoms. The Bertz CT molecular complexity index is 1780. The van der Waals surface area contributed by atoms with Gasteiger partial charge in [-0.1, -0.05) is 91.0 Å². The van der Waals surface area contributed by atoms with E-state index in [1.165, 1.54) is 10.8 Å². The van der Waals surface area contributed by atoms with Crippen molar-refractivity contribution in [1.29, 1.82) is 0 Å². The molecule has 0 saturated heterocycles. The van der Waals surface area contributed by atoms with Crippen molar-refractivity contribution in [3.63, 3.8) is 0 Å². The van der Waals surface area contributed by atoms with E-state index < -0.39 is 0 Å². The molecule has 7 aromatic rings. The number of hydrogen-bond donors (Lipinski definition) is 0. The van der Waals surface area contributed by atoms with Gasteiger partial charge in [0.05, 0.1) is 5.69 Å². The maximum Gasteiger partial charge on any atom is 0.145 e. The number of nitrogens with zero attached hydrogens (tertiary/aromatic N) is 1. The van der Waals surface area contributed by atoms with Gasteiger partial charge in [-0.05, 0) is 64.9 Å². The zero-order valence-electron chi connectivity index (χ0n) is 19.6. The maximum absolute atomic E-state index is 6.68. The van der Waals surface area contributed by atoms with E-state index in [2.05, 4.69) is 144 Å². The summed E-state index contributed by atoms with van der Waals surface area (Å²) in [5.41, 5.74) is 7.29. The lowest BCUT2D eigenvalue weighted by Gasteiger charge is -2.27. The summed E-state index contributed by atoms with van der Waals surface area (Å²) in [4.78, 5) is 2.31. The predicted molar refractivity (Wildman–Crippen MR) is 151 cm³/mol. The van der Waals surface area contributed by atoms with Crippen LogP contribution in [0.1, 0.15) is 0 Å². The first-order valence-corrected chi connectivity index (χ1v) is 12.2. The Morgan fingerprint density at radius 3 is 1.67 bits per heavy atom. The second-order valence-corrected chi connectivity index (χ2v) is 9.01. The molecule has 0 radical (unpaired) electrons. The molecule has 0 bridgehead atoms. The summed E-state index contributed by atoms with van der Waals surface area (Å²) >= 11 is 0. The molecule has 2 nitrogen and oxygen atoms in total. The highest BCUT2D eigenvalue weighted by atomic mass is 16.3. The molecule has 170 valence electrons. The SMILES string of the molecule is c1ccc(-c2c(N(c3ccccc3)c3ccccc3)ccc3c2oc2cc4ccccc4cc23)cc1. The van der Waals surface area contributed by atoms with E-state index in [1.807, 2.05) is 0 Å². The molecular weight excluding hydrogens is 438 g/mol. The maximum atomic E-state index is 6.68. The molecule has 0 aliphatic heterocycles. The molecule has 0 fully saturated rings. The summed E-state index contributed by atoms with van der Waals surface area (Å²) in [6, 6.07) is 48.9. The van der Waals surface area contributed by atoms with Crippen molar-refractivity contribution < 1.29 is 4.42 Å². The third kappa shape index (κ3) is 3.35. The van der Waals surface area contributed by atoms with Gasteiger partial charge in [0.2, 0.25) is 0 Å². The molecule has 36 heavy (non-hydrogen) atoms. The van der Waals surface area contributed by atoms with E-state index in [1.54, 1.807) is 0 Å². The molecule has 0 N–H and O–H groups in total. The van der Waals surface area contributed by atoms with E-state index in [0.717, 1.165) is 50.1 Å². The minimum atomic E-state index is 0.904. The Morgan fingerprint density at radius 2 is 1.03 bits per heavy atom. The number of rotatable bonds is 4. The zero-order chi connectivity index (χ0) is 23.9. The average Bonchev–Trinajstić information content (AvgIpc) is 3.31.